The standard InChI is InChI=1S/C37H54O4S/c1-25(33(42(40,41)28-7-5-4-6-8-28)24-37(39)21-19-36(17-18-36)20-22-37)30-11-12-31-29-10-9-26-23-27(38)13-15-34(26,2)32(29)14-16-35(30,31)3/h4-9,25,27,29-33,38-39H,10-24H2,1-3H3/t25-,27-,29-,30+,31-,32?,33?,34-,35+/m0/s1. The molecule has 4 nitrogen and oxygen atoms in total. The van der Waals surface area contributed by atoms with Gasteiger partial charge >= 0.3 is 0 Å². The molecule has 6 aliphatic carbocycles. The molecule has 0 aromatic heterocycles. The number of hydrogen-bond donors (Lipinski definition) is 2. The summed E-state index contributed by atoms with van der Waals surface area (Å²) in [5.41, 5.74) is 1.44. The van der Waals surface area contributed by atoms with Crippen LogP contribution >= 0.6 is 0 Å². The number of benzene rings is 1. The van der Waals surface area contributed by atoms with Crippen molar-refractivity contribution in [2.75, 3.05) is 0 Å². The molecule has 1 aromatic carbocycles. The first-order valence-corrected chi connectivity index (χ1v) is 18.8. The minimum atomic E-state index is -3.60. The Kier molecular flexibility index (Phi) is 7.15. The maximum atomic E-state index is 14.5. The van der Waals surface area contributed by atoms with Crippen LogP contribution in [0.25, 0.3) is 0 Å². The number of rotatable bonds is 6. The lowest BCUT2D eigenvalue weighted by Gasteiger charge is -2.58. The molecule has 0 amide bonds. The first-order chi connectivity index (χ1) is 19.9. The van der Waals surface area contributed by atoms with E-state index in [-0.39, 0.29) is 22.9 Å². The van der Waals surface area contributed by atoms with Crippen LogP contribution in [0.4, 0.5) is 0 Å². The van der Waals surface area contributed by atoms with Crippen LogP contribution in [0.15, 0.2) is 46.9 Å². The number of sulfone groups is 1. The summed E-state index contributed by atoms with van der Waals surface area (Å²) < 4.78 is 28.9. The third kappa shape index (κ3) is 4.69. The summed E-state index contributed by atoms with van der Waals surface area (Å²) in [5.74, 6) is 2.31. The molecule has 5 fully saturated rings. The second kappa shape index (κ2) is 10.2. The van der Waals surface area contributed by atoms with Crippen molar-refractivity contribution in [3.05, 3.63) is 42.0 Å². The molecule has 0 radical (unpaired) electrons. The van der Waals surface area contributed by atoms with Gasteiger partial charge in [0.2, 0.25) is 0 Å². The first-order valence-electron chi connectivity index (χ1n) is 17.3. The Hall–Kier alpha value is -1.17. The molecule has 5 heteroatoms. The molecule has 42 heavy (non-hydrogen) atoms. The number of aliphatic hydroxyl groups is 2. The second-order valence-electron chi connectivity index (χ2n) is 16.6. The van der Waals surface area contributed by atoms with Crippen molar-refractivity contribution in [1.82, 2.24) is 0 Å². The molecule has 2 unspecified atom stereocenters. The Morgan fingerprint density at radius 1 is 0.881 bits per heavy atom. The van der Waals surface area contributed by atoms with E-state index in [2.05, 4.69) is 26.8 Å². The van der Waals surface area contributed by atoms with E-state index in [0.717, 1.165) is 57.8 Å². The maximum Gasteiger partial charge on any atom is 0.181 e. The third-order valence-electron chi connectivity index (χ3n) is 14.6. The Labute approximate surface area is 254 Å². The van der Waals surface area contributed by atoms with E-state index in [1.165, 1.54) is 37.7 Å². The fraction of sp³-hybridized carbons (Fsp3) is 0.784. The lowest BCUT2D eigenvalue weighted by molar-refractivity contribution is -0.0610. The number of fused-ring (bicyclic) bond motifs is 5. The molecule has 1 spiro atoms. The van der Waals surface area contributed by atoms with Gasteiger partial charge in [0, 0.05) is 0 Å². The summed E-state index contributed by atoms with van der Waals surface area (Å²) in [5, 5.41) is 21.8. The van der Waals surface area contributed by atoms with Crippen molar-refractivity contribution in [1.29, 1.82) is 0 Å². The van der Waals surface area contributed by atoms with E-state index in [1.54, 1.807) is 12.1 Å². The summed E-state index contributed by atoms with van der Waals surface area (Å²) in [4.78, 5) is 0.417. The van der Waals surface area contributed by atoms with E-state index in [1.807, 2.05) is 18.2 Å². The molecular formula is C37H54O4S. The smallest absolute Gasteiger partial charge is 0.181 e. The van der Waals surface area contributed by atoms with Gasteiger partial charge in [0.15, 0.2) is 9.84 Å². The molecule has 0 saturated heterocycles. The number of hydrogen-bond acceptors (Lipinski definition) is 4. The third-order valence-corrected chi connectivity index (χ3v) is 16.9. The van der Waals surface area contributed by atoms with Gasteiger partial charge in [0.05, 0.1) is 21.9 Å². The Morgan fingerprint density at radius 2 is 1.57 bits per heavy atom. The van der Waals surface area contributed by atoms with Crippen LogP contribution in [-0.4, -0.2) is 35.6 Å². The highest BCUT2D eigenvalue weighted by Gasteiger charge is 2.61. The van der Waals surface area contributed by atoms with Gasteiger partial charge in [-0.3, -0.25) is 0 Å². The van der Waals surface area contributed by atoms with Crippen LogP contribution < -0.4 is 0 Å². The van der Waals surface area contributed by atoms with Crippen molar-refractivity contribution < 1.29 is 18.6 Å². The average molecular weight is 595 g/mol. The van der Waals surface area contributed by atoms with Gasteiger partial charge in [0.1, 0.15) is 0 Å². The highest BCUT2D eigenvalue weighted by atomic mass is 32.2. The van der Waals surface area contributed by atoms with Gasteiger partial charge < -0.3 is 10.2 Å². The largest absolute Gasteiger partial charge is 0.393 e. The monoisotopic (exact) mass is 594 g/mol. The minimum absolute atomic E-state index is 0.00213. The fourth-order valence-corrected chi connectivity index (χ4v) is 13.8. The average Bonchev–Trinajstić information content (AvgIpc) is 3.65. The Balaban J connectivity index is 1.17. The maximum absolute atomic E-state index is 14.5. The van der Waals surface area contributed by atoms with Gasteiger partial charge in [-0.05, 0) is 154 Å². The van der Waals surface area contributed by atoms with Gasteiger partial charge in [-0.25, -0.2) is 8.42 Å². The lowest BCUT2D eigenvalue weighted by Crippen LogP contribution is -2.52. The van der Waals surface area contributed by atoms with E-state index < -0.39 is 20.7 Å². The zero-order chi connectivity index (χ0) is 29.5. The fourth-order valence-electron chi connectivity index (χ4n) is 11.7. The second-order valence-corrected chi connectivity index (χ2v) is 18.7. The molecule has 0 bridgehead atoms. The highest BCUT2D eigenvalue weighted by molar-refractivity contribution is 7.92. The molecule has 0 aliphatic heterocycles. The van der Waals surface area contributed by atoms with Crippen LogP contribution in [0.1, 0.15) is 117 Å². The minimum Gasteiger partial charge on any atom is -0.393 e. The number of allylic oxidation sites excluding steroid dienone is 1. The van der Waals surface area contributed by atoms with Crippen LogP contribution in [-0.2, 0) is 9.84 Å². The van der Waals surface area contributed by atoms with E-state index in [9.17, 15) is 18.6 Å². The Bertz CT molecular complexity index is 1300. The van der Waals surface area contributed by atoms with Gasteiger partial charge in [0.25, 0.3) is 0 Å². The first kappa shape index (κ1) is 29.5. The topological polar surface area (TPSA) is 74.6 Å². The van der Waals surface area contributed by atoms with E-state index in [4.69, 9.17) is 0 Å². The summed E-state index contributed by atoms with van der Waals surface area (Å²) in [6.45, 7) is 7.22. The zero-order valence-corrected chi connectivity index (χ0v) is 27.0. The van der Waals surface area contributed by atoms with Crippen LogP contribution in [0.5, 0.6) is 0 Å². The van der Waals surface area contributed by atoms with Crippen molar-refractivity contribution >= 4 is 9.84 Å². The molecule has 9 atom stereocenters. The number of aliphatic hydroxyl groups excluding tert-OH is 1. The molecule has 1 aromatic rings. The normalized spacial score (nSPS) is 41.6. The zero-order valence-electron chi connectivity index (χ0n) is 26.2. The van der Waals surface area contributed by atoms with Crippen molar-refractivity contribution in [2.45, 2.75) is 139 Å². The summed E-state index contributed by atoms with van der Waals surface area (Å²) in [6.07, 6.45) is 17.5. The lowest BCUT2D eigenvalue weighted by atomic mass is 9.47. The predicted octanol–water partition coefficient (Wildman–Crippen LogP) is 7.88. The molecule has 232 valence electrons. The van der Waals surface area contributed by atoms with E-state index >= 15 is 0 Å². The van der Waals surface area contributed by atoms with E-state index in [0.29, 0.717) is 40.4 Å². The van der Waals surface area contributed by atoms with Gasteiger partial charge in [-0.15, -0.1) is 0 Å². The highest BCUT2D eigenvalue weighted by Crippen LogP contribution is 2.68. The summed E-state index contributed by atoms with van der Waals surface area (Å²) in [7, 11) is -3.60. The van der Waals surface area contributed by atoms with Crippen molar-refractivity contribution in [3.8, 4) is 0 Å². The molecule has 2 N–H and O–H groups in total. The molecular weight excluding hydrogens is 540 g/mol. The SMILES string of the molecule is C[C@H](C(CC1(O)CCC2(CC1)CC2)S(=O)(=O)c1ccccc1)[C@H]1CC[C@H]2[C@@H]3CC=C4C[C@@H](O)CC[C@]4(C)C3CC[C@]12C. The van der Waals surface area contributed by atoms with Crippen LogP contribution in [0, 0.1) is 45.8 Å². The Morgan fingerprint density at radius 3 is 2.26 bits per heavy atom. The van der Waals surface area contributed by atoms with Crippen LogP contribution in [0.2, 0.25) is 0 Å². The summed E-state index contributed by atoms with van der Waals surface area (Å²) in [6, 6.07) is 9.09. The van der Waals surface area contributed by atoms with Crippen LogP contribution in [0.3, 0.4) is 0 Å². The molecule has 0 heterocycles. The molecule has 7 rings (SSSR count). The van der Waals surface area contributed by atoms with Gasteiger partial charge in [-0.2, -0.15) is 0 Å². The quantitative estimate of drug-likeness (QED) is 0.329. The van der Waals surface area contributed by atoms with Gasteiger partial charge in [-0.1, -0.05) is 50.6 Å². The molecule has 6 aliphatic rings. The molecule has 5 saturated carbocycles. The van der Waals surface area contributed by atoms with Crippen molar-refractivity contribution in [2.24, 2.45) is 45.8 Å². The summed E-state index contributed by atoms with van der Waals surface area (Å²) >= 11 is 0. The van der Waals surface area contributed by atoms with Crippen molar-refractivity contribution in [3.63, 3.8) is 0 Å². The predicted molar refractivity (Wildman–Crippen MR) is 167 cm³/mol.